The molecule has 2 rings (SSSR count). The number of carbonyl (C=O) groups is 1. The largest absolute Gasteiger partial charge is 0.379 e. The van der Waals surface area contributed by atoms with Gasteiger partial charge < -0.3 is 4.74 Å². The fraction of sp³-hybridized carbons (Fsp3) is 0.500. The average Bonchev–Trinajstić information content (AvgIpc) is 2.82. The van der Waals surface area contributed by atoms with Crippen LogP contribution in [0.5, 0.6) is 0 Å². The second-order valence-electron chi connectivity index (χ2n) is 6.10. The summed E-state index contributed by atoms with van der Waals surface area (Å²) in [4.78, 5) is 17.1. The lowest BCUT2D eigenvalue weighted by molar-refractivity contribution is -0.118. The van der Waals surface area contributed by atoms with Crippen molar-refractivity contribution in [1.29, 1.82) is 0 Å². The summed E-state index contributed by atoms with van der Waals surface area (Å²) < 4.78 is 18.5. The molecule has 6 heteroatoms. The zero-order chi connectivity index (χ0) is 17.7. The first-order chi connectivity index (χ1) is 11.4. The maximum Gasteiger partial charge on any atom is 0.261 e. The van der Waals surface area contributed by atoms with Crippen LogP contribution in [0.2, 0.25) is 0 Å². The van der Waals surface area contributed by atoms with Crippen LogP contribution in [0.1, 0.15) is 34.1 Å². The predicted octanol–water partition coefficient (Wildman–Crippen LogP) is 3.44. The van der Waals surface area contributed by atoms with Gasteiger partial charge in [0.1, 0.15) is 11.7 Å². The van der Waals surface area contributed by atoms with E-state index in [1.165, 1.54) is 17.1 Å². The highest BCUT2D eigenvalue weighted by Gasteiger charge is 2.36. The van der Waals surface area contributed by atoms with Gasteiger partial charge in [-0.3, -0.25) is 9.79 Å². The zero-order valence-electron chi connectivity index (χ0n) is 14.6. The van der Waals surface area contributed by atoms with Crippen LogP contribution in [0.3, 0.4) is 0 Å². The molecule has 1 aromatic carbocycles. The van der Waals surface area contributed by atoms with Gasteiger partial charge in [0.25, 0.3) is 5.91 Å². The Morgan fingerprint density at radius 2 is 2.04 bits per heavy atom. The molecule has 130 valence electrons. The SMILES string of the molecule is CC(=NCCCOC(C)C)[C@H]1C(=O)N(c2ccc(F)cc2)N=C1C. The Morgan fingerprint density at radius 1 is 1.38 bits per heavy atom. The van der Waals surface area contributed by atoms with E-state index in [2.05, 4.69) is 10.1 Å². The quantitative estimate of drug-likeness (QED) is 0.567. The van der Waals surface area contributed by atoms with E-state index < -0.39 is 5.92 Å². The van der Waals surface area contributed by atoms with Crippen molar-refractivity contribution < 1.29 is 13.9 Å². The van der Waals surface area contributed by atoms with Gasteiger partial charge >= 0.3 is 0 Å². The standard InChI is InChI=1S/C18H24FN3O2/c1-12(2)24-11-5-10-20-13(3)17-14(4)21-22(18(17)23)16-8-6-15(19)7-9-16/h6-9,12,17H,5,10-11H2,1-4H3/t17-/m1/s1. The first kappa shape index (κ1) is 18.3. The van der Waals surface area contributed by atoms with Gasteiger partial charge in [-0.15, -0.1) is 0 Å². The molecule has 0 aliphatic carbocycles. The number of anilines is 1. The second-order valence-corrected chi connectivity index (χ2v) is 6.10. The van der Waals surface area contributed by atoms with Crippen molar-refractivity contribution in [3.63, 3.8) is 0 Å². The Kier molecular flexibility index (Phi) is 6.20. The molecule has 0 saturated heterocycles. The summed E-state index contributed by atoms with van der Waals surface area (Å²) in [5.41, 5.74) is 2.00. The monoisotopic (exact) mass is 333 g/mol. The minimum absolute atomic E-state index is 0.154. The lowest BCUT2D eigenvalue weighted by Gasteiger charge is -2.14. The number of carbonyl (C=O) groups excluding carboxylic acids is 1. The molecule has 1 aromatic rings. The summed E-state index contributed by atoms with van der Waals surface area (Å²) in [6, 6.07) is 5.72. The third-order valence-electron chi connectivity index (χ3n) is 3.74. The van der Waals surface area contributed by atoms with Crippen LogP contribution >= 0.6 is 0 Å². The maximum atomic E-state index is 13.0. The van der Waals surface area contributed by atoms with Gasteiger partial charge in [0, 0.05) is 18.9 Å². The van der Waals surface area contributed by atoms with Crippen LogP contribution in [0.15, 0.2) is 34.4 Å². The molecule has 5 nitrogen and oxygen atoms in total. The first-order valence-corrected chi connectivity index (χ1v) is 8.17. The van der Waals surface area contributed by atoms with Gasteiger partial charge in [0.15, 0.2) is 0 Å². The molecule has 1 heterocycles. The zero-order valence-corrected chi connectivity index (χ0v) is 14.6. The third-order valence-corrected chi connectivity index (χ3v) is 3.74. The van der Waals surface area contributed by atoms with E-state index >= 15 is 0 Å². The number of hydrogen-bond donors (Lipinski definition) is 0. The first-order valence-electron chi connectivity index (χ1n) is 8.17. The van der Waals surface area contributed by atoms with Crippen molar-refractivity contribution in [2.45, 2.75) is 40.2 Å². The van der Waals surface area contributed by atoms with Crippen LogP contribution in [-0.4, -0.2) is 36.6 Å². The van der Waals surface area contributed by atoms with Gasteiger partial charge in [-0.05, 0) is 58.4 Å². The predicted molar refractivity (Wildman–Crippen MR) is 94.2 cm³/mol. The molecule has 0 radical (unpaired) electrons. The van der Waals surface area contributed by atoms with E-state index in [1.807, 2.05) is 27.7 Å². The fourth-order valence-electron chi connectivity index (χ4n) is 2.54. The fourth-order valence-corrected chi connectivity index (χ4v) is 2.54. The van der Waals surface area contributed by atoms with Crippen LogP contribution < -0.4 is 5.01 Å². The highest BCUT2D eigenvalue weighted by molar-refractivity contribution is 6.27. The summed E-state index contributed by atoms with van der Waals surface area (Å²) in [5.74, 6) is -0.941. The molecular formula is C18H24FN3O2. The van der Waals surface area contributed by atoms with Crippen LogP contribution in [-0.2, 0) is 9.53 Å². The topological polar surface area (TPSA) is 54.3 Å². The van der Waals surface area contributed by atoms with Crippen LogP contribution in [0.4, 0.5) is 10.1 Å². The highest BCUT2D eigenvalue weighted by Crippen LogP contribution is 2.25. The Morgan fingerprint density at radius 3 is 2.67 bits per heavy atom. The molecule has 0 saturated carbocycles. The molecule has 0 fully saturated rings. The molecule has 1 atom stereocenters. The van der Waals surface area contributed by atoms with Gasteiger partial charge in [0.05, 0.1) is 17.5 Å². The number of amides is 1. The van der Waals surface area contributed by atoms with Crippen molar-refractivity contribution in [1.82, 2.24) is 0 Å². The molecule has 0 spiro atoms. The van der Waals surface area contributed by atoms with Crippen molar-refractivity contribution in [2.75, 3.05) is 18.2 Å². The molecule has 1 amide bonds. The van der Waals surface area contributed by atoms with Gasteiger partial charge in [0.2, 0.25) is 0 Å². The Bertz CT molecular complexity index is 638. The molecule has 0 aromatic heterocycles. The lowest BCUT2D eigenvalue weighted by Crippen LogP contribution is -2.31. The summed E-state index contributed by atoms with van der Waals surface area (Å²) in [7, 11) is 0. The van der Waals surface area contributed by atoms with E-state index in [1.54, 1.807) is 12.1 Å². The maximum absolute atomic E-state index is 13.0. The number of nitrogens with zero attached hydrogens (tertiary/aromatic N) is 3. The number of rotatable bonds is 7. The Hall–Kier alpha value is -2.08. The summed E-state index contributed by atoms with van der Waals surface area (Å²) >= 11 is 0. The Labute approximate surface area is 142 Å². The minimum atomic E-state index is -0.443. The molecular weight excluding hydrogens is 309 g/mol. The molecule has 0 bridgehead atoms. The number of halogens is 1. The highest BCUT2D eigenvalue weighted by atomic mass is 19.1. The number of aliphatic imine (C=N–C) groups is 1. The molecule has 0 unspecified atom stereocenters. The van der Waals surface area contributed by atoms with Crippen molar-refractivity contribution in [3.8, 4) is 0 Å². The number of hydrazone groups is 1. The molecule has 24 heavy (non-hydrogen) atoms. The number of ether oxygens (including phenoxy) is 1. The molecule has 0 N–H and O–H groups in total. The smallest absolute Gasteiger partial charge is 0.261 e. The van der Waals surface area contributed by atoms with E-state index in [9.17, 15) is 9.18 Å². The third kappa shape index (κ3) is 4.47. The van der Waals surface area contributed by atoms with Crippen molar-refractivity contribution in [3.05, 3.63) is 30.1 Å². The average molecular weight is 333 g/mol. The van der Waals surface area contributed by atoms with E-state index in [4.69, 9.17) is 4.74 Å². The Balaban J connectivity index is 2.00. The number of benzene rings is 1. The molecule has 1 aliphatic heterocycles. The van der Waals surface area contributed by atoms with Gasteiger partial charge in [-0.2, -0.15) is 10.1 Å². The normalized spacial score (nSPS) is 18.5. The van der Waals surface area contributed by atoms with Crippen LogP contribution in [0.25, 0.3) is 0 Å². The van der Waals surface area contributed by atoms with E-state index in [-0.39, 0.29) is 17.8 Å². The second kappa shape index (κ2) is 8.15. The van der Waals surface area contributed by atoms with Crippen molar-refractivity contribution >= 4 is 23.0 Å². The van der Waals surface area contributed by atoms with Crippen molar-refractivity contribution in [2.24, 2.45) is 16.0 Å². The summed E-state index contributed by atoms with van der Waals surface area (Å²) in [5, 5.41) is 5.63. The van der Waals surface area contributed by atoms with Crippen LogP contribution in [0, 0.1) is 11.7 Å². The summed E-state index contributed by atoms with van der Waals surface area (Å²) in [6.45, 7) is 8.92. The summed E-state index contributed by atoms with van der Waals surface area (Å²) in [6.07, 6.45) is 1.03. The number of hydrogen-bond acceptors (Lipinski definition) is 4. The lowest BCUT2D eigenvalue weighted by atomic mass is 9.99. The van der Waals surface area contributed by atoms with E-state index in [0.29, 0.717) is 24.6 Å². The van der Waals surface area contributed by atoms with Gasteiger partial charge in [-0.1, -0.05) is 0 Å². The van der Waals surface area contributed by atoms with E-state index in [0.717, 1.165) is 12.1 Å². The minimum Gasteiger partial charge on any atom is -0.379 e. The molecule has 1 aliphatic rings. The van der Waals surface area contributed by atoms with Gasteiger partial charge in [-0.25, -0.2) is 4.39 Å².